The van der Waals surface area contributed by atoms with Crippen LogP contribution in [0.5, 0.6) is 0 Å². The molecule has 2 heterocycles. The zero-order valence-corrected chi connectivity index (χ0v) is 13.1. The first kappa shape index (κ1) is 13.8. The van der Waals surface area contributed by atoms with Crippen LogP contribution >= 0.6 is 0 Å². The Morgan fingerprint density at radius 1 is 0.920 bits per heavy atom. The number of para-hydroxylation sites is 3. The van der Waals surface area contributed by atoms with Crippen LogP contribution in [0.1, 0.15) is 0 Å². The Morgan fingerprint density at radius 3 is 2.60 bits per heavy atom. The van der Waals surface area contributed by atoms with E-state index in [1.54, 1.807) is 18.2 Å². The van der Waals surface area contributed by atoms with Gasteiger partial charge < -0.3 is 9.88 Å². The molecule has 1 aliphatic heterocycles. The van der Waals surface area contributed by atoms with Gasteiger partial charge in [-0.1, -0.05) is 24.3 Å². The number of benzene rings is 3. The van der Waals surface area contributed by atoms with Crippen LogP contribution in [0.2, 0.25) is 0 Å². The molecule has 1 aromatic heterocycles. The standard InChI is InChI=1S/C20H13N3O2/c24-23(25)18-7-3-1-5-15(18)14-11-13-9-10-22-19-8-4-2-6-16(19)21-17(12-14)20(13)22/h1-12,21H. The summed E-state index contributed by atoms with van der Waals surface area (Å²) in [5.74, 6) is 0. The molecule has 0 spiro atoms. The molecule has 5 heteroatoms. The molecule has 120 valence electrons. The molecule has 25 heavy (non-hydrogen) atoms. The molecule has 1 aliphatic rings. The van der Waals surface area contributed by atoms with Gasteiger partial charge in [0.15, 0.2) is 0 Å². The summed E-state index contributed by atoms with van der Waals surface area (Å²) in [5, 5.41) is 15.9. The quantitative estimate of drug-likeness (QED) is 0.355. The van der Waals surface area contributed by atoms with Gasteiger partial charge in [-0.2, -0.15) is 0 Å². The number of hydrogen-bond donors (Lipinski definition) is 1. The molecule has 0 saturated carbocycles. The van der Waals surface area contributed by atoms with Crippen LogP contribution in [0.4, 0.5) is 17.1 Å². The van der Waals surface area contributed by atoms with Crippen molar-refractivity contribution in [2.75, 3.05) is 5.32 Å². The highest BCUT2D eigenvalue weighted by Crippen LogP contribution is 2.41. The lowest BCUT2D eigenvalue weighted by Gasteiger charge is -2.22. The summed E-state index contributed by atoms with van der Waals surface area (Å²) in [6, 6.07) is 21.0. The van der Waals surface area contributed by atoms with Crippen molar-refractivity contribution >= 4 is 28.0 Å². The largest absolute Gasteiger partial charge is 0.352 e. The van der Waals surface area contributed by atoms with Crippen molar-refractivity contribution in [3.8, 4) is 16.8 Å². The predicted octanol–water partition coefficient (Wildman–Crippen LogP) is 5.26. The third kappa shape index (κ3) is 1.96. The zero-order chi connectivity index (χ0) is 17.0. The van der Waals surface area contributed by atoms with Gasteiger partial charge in [0.2, 0.25) is 0 Å². The molecule has 5 nitrogen and oxygen atoms in total. The fourth-order valence-electron chi connectivity index (χ4n) is 3.55. The van der Waals surface area contributed by atoms with Crippen LogP contribution in [0.3, 0.4) is 0 Å². The van der Waals surface area contributed by atoms with Gasteiger partial charge in [-0.15, -0.1) is 0 Å². The van der Waals surface area contributed by atoms with E-state index in [4.69, 9.17) is 0 Å². The smallest absolute Gasteiger partial charge is 0.277 e. The van der Waals surface area contributed by atoms with Crippen LogP contribution in [-0.4, -0.2) is 9.49 Å². The van der Waals surface area contributed by atoms with Crippen molar-refractivity contribution in [1.29, 1.82) is 0 Å². The average Bonchev–Trinajstić information content (AvgIpc) is 3.07. The van der Waals surface area contributed by atoms with Crippen LogP contribution in [0.15, 0.2) is 72.9 Å². The Balaban J connectivity index is 1.78. The molecule has 0 saturated heterocycles. The molecule has 1 N–H and O–H groups in total. The van der Waals surface area contributed by atoms with Crippen molar-refractivity contribution < 1.29 is 4.92 Å². The first-order valence-electron chi connectivity index (χ1n) is 7.98. The van der Waals surface area contributed by atoms with Crippen LogP contribution < -0.4 is 5.32 Å². The molecule has 0 atom stereocenters. The van der Waals surface area contributed by atoms with Gasteiger partial charge in [0, 0.05) is 17.6 Å². The number of rotatable bonds is 2. The van der Waals surface area contributed by atoms with E-state index >= 15 is 0 Å². The number of fused-ring (bicyclic) bond motifs is 2. The van der Waals surface area contributed by atoms with E-state index in [9.17, 15) is 10.1 Å². The minimum absolute atomic E-state index is 0.115. The summed E-state index contributed by atoms with van der Waals surface area (Å²) < 4.78 is 2.15. The molecule has 4 aromatic rings. The second-order valence-corrected chi connectivity index (χ2v) is 6.06. The van der Waals surface area contributed by atoms with E-state index in [2.05, 4.69) is 16.0 Å². The van der Waals surface area contributed by atoms with Gasteiger partial charge in [0.05, 0.1) is 33.1 Å². The monoisotopic (exact) mass is 327 g/mol. The fourth-order valence-corrected chi connectivity index (χ4v) is 3.55. The van der Waals surface area contributed by atoms with Gasteiger partial charge in [0.1, 0.15) is 0 Å². The lowest BCUT2D eigenvalue weighted by atomic mass is 10.0. The first-order valence-corrected chi connectivity index (χ1v) is 7.98. The summed E-state index contributed by atoms with van der Waals surface area (Å²) in [5.41, 5.74) is 5.73. The second-order valence-electron chi connectivity index (χ2n) is 6.06. The average molecular weight is 327 g/mol. The maximum absolute atomic E-state index is 11.4. The van der Waals surface area contributed by atoms with E-state index in [0.717, 1.165) is 33.5 Å². The fraction of sp³-hybridized carbons (Fsp3) is 0. The van der Waals surface area contributed by atoms with E-state index in [1.165, 1.54) is 0 Å². The predicted molar refractivity (Wildman–Crippen MR) is 98.6 cm³/mol. The van der Waals surface area contributed by atoms with Gasteiger partial charge in [0.25, 0.3) is 5.69 Å². The molecule has 0 radical (unpaired) electrons. The van der Waals surface area contributed by atoms with E-state index in [-0.39, 0.29) is 10.6 Å². The first-order chi connectivity index (χ1) is 12.2. The SMILES string of the molecule is O=[N+]([O-])c1ccccc1-c1cc2c3c(ccn3-c3ccccc3N2)c1. The van der Waals surface area contributed by atoms with E-state index < -0.39 is 0 Å². The second kappa shape index (κ2) is 4.95. The topological polar surface area (TPSA) is 60.1 Å². The Morgan fingerprint density at radius 2 is 1.72 bits per heavy atom. The van der Waals surface area contributed by atoms with Crippen LogP contribution in [-0.2, 0) is 0 Å². The summed E-state index contributed by atoms with van der Waals surface area (Å²) in [6.07, 6.45) is 2.04. The van der Waals surface area contributed by atoms with Gasteiger partial charge in [-0.3, -0.25) is 10.1 Å². The van der Waals surface area contributed by atoms with E-state index in [1.807, 2.05) is 48.7 Å². The lowest BCUT2D eigenvalue weighted by molar-refractivity contribution is -0.384. The normalized spacial score (nSPS) is 11.8. The lowest BCUT2D eigenvalue weighted by Crippen LogP contribution is -2.06. The third-order valence-electron chi connectivity index (χ3n) is 4.63. The summed E-state index contributed by atoms with van der Waals surface area (Å²) in [6.45, 7) is 0. The summed E-state index contributed by atoms with van der Waals surface area (Å²) in [7, 11) is 0. The Labute approximate surface area is 143 Å². The minimum atomic E-state index is -0.334. The molecular formula is C20H13N3O2. The number of hydrogen-bond acceptors (Lipinski definition) is 3. The van der Waals surface area contributed by atoms with Gasteiger partial charge >= 0.3 is 0 Å². The third-order valence-corrected chi connectivity index (χ3v) is 4.63. The Bertz CT molecular complexity index is 1160. The highest BCUT2D eigenvalue weighted by atomic mass is 16.6. The van der Waals surface area contributed by atoms with Crippen molar-refractivity contribution in [2.45, 2.75) is 0 Å². The van der Waals surface area contributed by atoms with Crippen LogP contribution in [0.25, 0.3) is 27.7 Å². The van der Waals surface area contributed by atoms with Crippen molar-refractivity contribution in [3.63, 3.8) is 0 Å². The molecule has 0 aliphatic carbocycles. The van der Waals surface area contributed by atoms with Crippen molar-refractivity contribution in [3.05, 3.63) is 83.0 Å². The van der Waals surface area contributed by atoms with E-state index in [0.29, 0.717) is 5.56 Å². The maximum Gasteiger partial charge on any atom is 0.277 e. The van der Waals surface area contributed by atoms with Crippen LogP contribution in [0, 0.1) is 10.1 Å². The van der Waals surface area contributed by atoms with Gasteiger partial charge in [-0.05, 0) is 42.0 Å². The zero-order valence-electron chi connectivity index (χ0n) is 13.1. The van der Waals surface area contributed by atoms with Crippen molar-refractivity contribution in [2.24, 2.45) is 0 Å². The minimum Gasteiger partial charge on any atom is -0.352 e. The molecular weight excluding hydrogens is 314 g/mol. The maximum atomic E-state index is 11.4. The highest BCUT2D eigenvalue weighted by molar-refractivity contribution is 6.02. The number of nitro benzene ring substituents is 1. The number of nitrogens with one attached hydrogen (secondary N) is 1. The molecule has 3 aromatic carbocycles. The molecule has 0 unspecified atom stereocenters. The number of aromatic nitrogens is 1. The summed E-state index contributed by atoms with van der Waals surface area (Å²) in [4.78, 5) is 11.0. The molecule has 0 fully saturated rings. The van der Waals surface area contributed by atoms with Gasteiger partial charge in [-0.25, -0.2) is 0 Å². The summed E-state index contributed by atoms with van der Waals surface area (Å²) >= 11 is 0. The number of nitrogens with zero attached hydrogens (tertiary/aromatic N) is 2. The molecule has 5 rings (SSSR count). The Hall–Kier alpha value is -3.60. The highest BCUT2D eigenvalue weighted by Gasteiger charge is 2.21. The number of anilines is 2. The molecule has 0 amide bonds. The Kier molecular flexibility index (Phi) is 2.73. The van der Waals surface area contributed by atoms with Crippen molar-refractivity contribution in [1.82, 2.24) is 4.57 Å². The molecule has 0 bridgehead atoms. The number of nitro groups is 1.